The molecule has 31 heavy (non-hydrogen) atoms. The Bertz CT molecular complexity index is 674. The van der Waals surface area contributed by atoms with Crippen LogP contribution in [-0.4, -0.2) is 87.6 Å². The van der Waals surface area contributed by atoms with E-state index in [0.717, 1.165) is 0 Å². The summed E-state index contributed by atoms with van der Waals surface area (Å²) in [6.45, 7) is -0.651. The van der Waals surface area contributed by atoms with Crippen molar-refractivity contribution in [3.05, 3.63) is 0 Å². The van der Waals surface area contributed by atoms with E-state index in [4.69, 9.17) is 21.1 Å². The third-order valence-corrected chi connectivity index (χ3v) is 4.59. The number of carboxylic acids is 3. The van der Waals surface area contributed by atoms with Gasteiger partial charge in [-0.15, -0.1) is 0 Å². The summed E-state index contributed by atoms with van der Waals surface area (Å²) in [7, 11) is 0. The summed E-state index contributed by atoms with van der Waals surface area (Å²) in [5.41, 5.74) is 5.61. The Morgan fingerprint density at radius 2 is 1.29 bits per heavy atom. The monoisotopic (exact) mass is 464 g/mol. The van der Waals surface area contributed by atoms with Crippen LogP contribution in [-0.2, 0) is 28.8 Å². The van der Waals surface area contributed by atoms with E-state index in [9.17, 15) is 28.8 Å². The highest BCUT2D eigenvalue weighted by molar-refractivity contribution is 7.98. The Kier molecular flexibility index (Phi) is 13.6. The number of nitrogens with one attached hydrogen (secondary N) is 3. The molecule has 176 valence electrons. The molecular formula is C17H28N4O9S. The van der Waals surface area contributed by atoms with Crippen LogP contribution in [0.3, 0.4) is 0 Å². The summed E-state index contributed by atoms with van der Waals surface area (Å²) in [6, 6.07) is -3.69. The van der Waals surface area contributed by atoms with Gasteiger partial charge in [-0.25, -0.2) is 0 Å². The Balaban J connectivity index is 5.24. The first-order valence-corrected chi connectivity index (χ1v) is 10.7. The van der Waals surface area contributed by atoms with Gasteiger partial charge in [0.15, 0.2) is 0 Å². The molecule has 0 aliphatic carbocycles. The van der Waals surface area contributed by atoms with Gasteiger partial charge in [-0.05, 0) is 31.3 Å². The molecule has 8 N–H and O–H groups in total. The minimum Gasteiger partial charge on any atom is -0.481 e. The Labute approximate surface area is 182 Å². The zero-order valence-corrected chi connectivity index (χ0v) is 17.8. The average molecular weight is 464 g/mol. The van der Waals surface area contributed by atoms with Gasteiger partial charge in [-0.2, -0.15) is 11.8 Å². The number of hydrogen-bond acceptors (Lipinski definition) is 8. The molecule has 0 saturated heterocycles. The highest BCUT2D eigenvalue weighted by Gasteiger charge is 2.28. The van der Waals surface area contributed by atoms with E-state index in [1.807, 2.05) is 0 Å². The van der Waals surface area contributed by atoms with E-state index in [1.54, 1.807) is 6.26 Å². The molecule has 0 aliphatic rings. The Hall–Kier alpha value is -2.87. The molecule has 0 aliphatic heterocycles. The minimum atomic E-state index is -1.34. The molecule has 3 atom stereocenters. The fourth-order valence-corrected chi connectivity index (χ4v) is 2.76. The fraction of sp³-hybridized carbons (Fsp3) is 0.647. The SMILES string of the molecule is CSCCC(NC(=O)C(CCC(=O)O)NC(=O)C(N)CCC(=O)O)C(=O)NCC(=O)O. The molecule has 14 heteroatoms. The van der Waals surface area contributed by atoms with Gasteiger partial charge in [0, 0.05) is 12.8 Å². The molecule has 0 rings (SSSR count). The maximum absolute atomic E-state index is 12.6. The first-order chi connectivity index (χ1) is 14.5. The lowest BCUT2D eigenvalue weighted by Gasteiger charge is -2.23. The molecule has 0 radical (unpaired) electrons. The molecule has 0 bridgehead atoms. The number of rotatable bonds is 16. The predicted octanol–water partition coefficient (Wildman–Crippen LogP) is -2.03. The molecule has 0 aromatic rings. The van der Waals surface area contributed by atoms with E-state index < -0.39 is 66.7 Å². The van der Waals surface area contributed by atoms with Crippen molar-refractivity contribution < 1.29 is 44.1 Å². The van der Waals surface area contributed by atoms with Crippen molar-refractivity contribution >= 4 is 47.4 Å². The smallest absolute Gasteiger partial charge is 0.322 e. The summed E-state index contributed by atoms with van der Waals surface area (Å²) >= 11 is 1.38. The number of carbonyl (C=O) groups excluding carboxylic acids is 3. The first kappa shape index (κ1) is 28.1. The van der Waals surface area contributed by atoms with Gasteiger partial charge in [0.25, 0.3) is 0 Å². The van der Waals surface area contributed by atoms with Gasteiger partial charge >= 0.3 is 17.9 Å². The second-order valence-corrected chi connectivity index (χ2v) is 7.47. The van der Waals surface area contributed by atoms with Crippen molar-refractivity contribution in [2.75, 3.05) is 18.6 Å². The van der Waals surface area contributed by atoms with Crippen LogP contribution in [0.1, 0.15) is 32.1 Å². The lowest BCUT2D eigenvalue weighted by Crippen LogP contribution is -2.56. The molecule has 13 nitrogen and oxygen atoms in total. The van der Waals surface area contributed by atoms with E-state index in [-0.39, 0.29) is 25.7 Å². The number of amides is 3. The van der Waals surface area contributed by atoms with Gasteiger partial charge in [0.2, 0.25) is 17.7 Å². The van der Waals surface area contributed by atoms with E-state index in [1.165, 1.54) is 11.8 Å². The Morgan fingerprint density at radius 1 is 0.774 bits per heavy atom. The summed E-state index contributed by atoms with van der Waals surface area (Å²) in [5, 5.41) is 33.1. The zero-order valence-electron chi connectivity index (χ0n) is 17.0. The molecule has 0 aromatic carbocycles. The number of hydrogen-bond donors (Lipinski definition) is 7. The molecule has 0 heterocycles. The maximum Gasteiger partial charge on any atom is 0.322 e. The molecule has 3 unspecified atom stereocenters. The number of carboxylic acid groups (broad SMARTS) is 3. The van der Waals surface area contributed by atoms with Crippen molar-refractivity contribution in [2.45, 2.75) is 50.2 Å². The van der Waals surface area contributed by atoms with Gasteiger partial charge in [0.1, 0.15) is 18.6 Å². The van der Waals surface area contributed by atoms with Crippen LogP contribution < -0.4 is 21.7 Å². The van der Waals surface area contributed by atoms with Crippen molar-refractivity contribution in [1.29, 1.82) is 0 Å². The van der Waals surface area contributed by atoms with Crippen LogP contribution >= 0.6 is 11.8 Å². The third kappa shape index (κ3) is 13.1. The molecule has 3 amide bonds. The average Bonchev–Trinajstić information content (AvgIpc) is 2.69. The van der Waals surface area contributed by atoms with Crippen molar-refractivity contribution in [2.24, 2.45) is 5.73 Å². The van der Waals surface area contributed by atoms with Crippen LogP contribution in [0.25, 0.3) is 0 Å². The van der Waals surface area contributed by atoms with Gasteiger partial charge in [0.05, 0.1) is 6.04 Å². The topological polar surface area (TPSA) is 225 Å². The summed E-state index contributed by atoms with van der Waals surface area (Å²) in [6.07, 6.45) is 0.593. The second-order valence-electron chi connectivity index (χ2n) is 6.49. The van der Waals surface area contributed by atoms with Crippen LogP contribution in [0.4, 0.5) is 0 Å². The van der Waals surface area contributed by atoms with Gasteiger partial charge < -0.3 is 37.0 Å². The first-order valence-electron chi connectivity index (χ1n) is 9.26. The molecular weight excluding hydrogens is 436 g/mol. The normalized spacial score (nSPS) is 13.4. The number of aliphatic carboxylic acids is 3. The highest BCUT2D eigenvalue weighted by Crippen LogP contribution is 2.05. The van der Waals surface area contributed by atoms with Crippen LogP contribution in [0.15, 0.2) is 0 Å². The van der Waals surface area contributed by atoms with E-state index in [2.05, 4.69) is 16.0 Å². The number of nitrogens with two attached hydrogens (primary N) is 1. The number of thioether (sulfide) groups is 1. The van der Waals surface area contributed by atoms with Crippen molar-refractivity contribution in [1.82, 2.24) is 16.0 Å². The van der Waals surface area contributed by atoms with E-state index in [0.29, 0.717) is 5.75 Å². The van der Waals surface area contributed by atoms with E-state index >= 15 is 0 Å². The highest BCUT2D eigenvalue weighted by atomic mass is 32.2. The number of carbonyl (C=O) groups is 6. The van der Waals surface area contributed by atoms with Crippen LogP contribution in [0, 0.1) is 0 Å². The third-order valence-electron chi connectivity index (χ3n) is 3.94. The predicted molar refractivity (Wildman–Crippen MR) is 109 cm³/mol. The van der Waals surface area contributed by atoms with Gasteiger partial charge in [-0.1, -0.05) is 0 Å². The second kappa shape index (κ2) is 15.0. The van der Waals surface area contributed by atoms with Crippen LogP contribution in [0.5, 0.6) is 0 Å². The largest absolute Gasteiger partial charge is 0.481 e. The maximum atomic E-state index is 12.6. The fourth-order valence-electron chi connectivity index (χ4n) is 2.29. The Morgan fingerprint density at radius 3 is 1.81 bits per heavy atom. The zero-order chi connectivity index (χ0) is 24.0. The standard InChI is InChI=1S/C17H28N4O9S/c1-31-7-6-11(16(29)19-8-14(26)27)21-17(30)10(3-5-13(24)25)20-15(28)9(18)2-4-12(22)23/h9-11H,2-8,18H2,1H3,(H,19,29)(H,20,28)(H,21,30)(H,22,23)(H,24,25)(H,26,27). The lowest BCUT2D eigenvalue weighted by atomic mass is 10.1. The van der Waals surface area contributed by atoms with Crippen LogP contribution in [0.2, 0.25) is 0 Å². The van der Waals surface area contributed by atoms with Gasteiger partial charge in [-0.3, -0.25) is 28.8 Å². The molecule has 0 saturated carbocycles. The molecule has 0 spiro atoms. The summed E-state index contributed by atoms with van der Waals surface area (Å²) in [4.78, 5) is 69.2. The van der Waals surface area contributed by atoms with Crippen molar-refractivity contribution in [3.8, 4) is 0 Å². The quantitative estimate of drug-likeness (QED) is 0.132. The molecule has 0 aromatic heterocycles. The lowest BCUT2D eigenvalue weighted by molar-refractivity contribution is -0.139. The van der Waals surface area contributed by atoms with Crippen molar-refractivity contribution in [3.63, 3.8) is 0 Å². The summed E-state index contributed by atoms with van der Waals surface area (Å²) in [5.74, 6) is -5.64. The summed E-state index contributed by atoms with van der Waals surface area (Å²) < 4.78 is 0. The minimum absolute atomic E-state index is 0.163. The molecule has 0 fully saturated rings.